The highest BCUT2D eigenvalue weighted by Gasteiger charge is 2.28. The Bertz CT molecular complexity index is 745. The summed E-state index contributed by atoms with van der Waals surface area (Å²) in [6, 6.07) is 11.2. The summed E-state index contributed by atoms with van der Waals surface area (Å²) in [6.45, 7) is -0.109. The quantitative estimate of drug-likeness (QED) is 0.851. The lowest BCUT2D eigenvalue weighted by Crippen LogP contribution is -2.42. The van der Waals surface area contributed by atoms with Crippen molar-refractivity contribution in [1.29, 1.82) is 0 Å². The van der Waals surface area contributed by atoms with Gasteiger partial charge in [0, 0.05) is 5.02 Å². The summed E-state index contributed by atoms with van der Waals surface area (Å²) < 4.78 is 0. The number of aromatic hydroxyl groups is 1. The van der Waals surface area contributed by atoms with Crippen LogP contribution < -0.4 is 10.2 Å². The molecule has 2 aromatic rings. The first kappa shape index (κ1) is 13.5. The van der Waals surface area contributed by atoms with Crippen LogP contribution in [0.4, 0.5) is 11.4 Å². The molecule has 2 amide bonds. The number of halogens is 1. The number of hydrogen-bond acceptors (Lipinski definition) is 3. The third-order valence-corrected chi connectivity index (χ3v) is 3.44. The number of para-hydroxylation sites is 2. The molecule has 0 atom stereocenters. The lowest BCUT2D eigenvalue weighted by molar-refractivity contribution is -0.115. The molecule has 0 bridgehead atoms. The fourth-order valence-corrected chi connectivity index (χ4v) is 2.41. The molecule has 5 nitrogen and oxygen atoms in total. The Morgan fingerprint density at radius 1 is 1.24 bits per heavy atom. The summed E-state index contributed by atoms with van der Waals surface area (Å²) >= 11 is 5.87. The van der Waals surface area contributed by atoms with Crippen LogP contribution in [0.3, 0.4) is 0 Å². The van der Waals surface area contributed by atoms with E-state index < -0.39 is 5.91 Å². The van der Waals surface area contributed by atoms with Gasteiger partial charge in [0.2, 0.25) is 5.91 Å². The smallest absolute Gasteiger partial charge is 0.262 e. The van der Waals surface area contributed by atoms with Gasteiger partial charge < -0.3 is 10.4 Å². The molecule has 2 aromatic carbocycles. The fourth-order valence-electron chi connectivity index (χ4n) is 2.24. The zero-order valence-electron chi connectivity index (χ0n) is 10.8. The molecule has 0 aromatic heterocycles. The molecule has 0 fully saturated rings. The molecule has 0 aliphatic carbocycles. The SMILES string of the molecule is O=C1CN(C(=O)c2cc(Cl)ccc2O)c2ccccc2N1. The highest BCUT2D eigenvalue weighted by molar-refractivity contribution is 6.31. The van der Waals surface area contributed by atoms with Crippen molar-refractivity contribution in [3.63, 3.8) is 0 Å². The van der Waals surface area contributed by atoms with Gasteiger partial charge in [-0.25, -0.2) is 0 Å². The highest BCUT2D eigenvalue weighted by atomic mass is 35.5. The van der Waals surface area contributed by atoms with Gasteiger partial charge in [0.25, 0.3) is 5.91 Å². The first-order valence-electron chi connectivity index (χ1n) is 6.25. The molecule has 0 unspecified atom stereocenters. The molecule has 1 aliphatic rings. The van der Waals surface area contributed by atoms with Crippen LogP contribution in [-0.4, -0.2) is 23.5 Å². The van der Waals surface area contributed by atoms with Crippen LogP contribution in [0.15, 0.2) is 42.5 Å². The number of anilines is 2. The summed E-state index contributed by atoms with van der Waals surface area (Å²) in [5.41, 5.74) is 1.21. The summed E-state index contributed by atoms with van der Waals surface area (Å²) in [5, 5.41) is 12.9. The number of fused-ring (bicyclic) bond motifs is 1. The van der Waals surface area contributed by atoms with Gasteiger partial charge in [-0.05, 0) is 30.3 Å². The van der Waals surface area contributed by atoms with Crippen molar-refractivity contribution in [3.8, 4) is 5.75 Å². The van der Waals surface area contributed by atoms with Crippen molar-refractivity contribution in [2.24, 2.45) is 0 Å². The van der Waals surface area contributed by atoms with Crippen LogP contribution in [0.2, 0.25) is 5.02 Å². The van der Waals surface area contributed by atoms with Crippen LogP contribution in [0.25, 0.3) is 0 Å². The Balaban J connectivity index is 2.06. The number of rotatable bonds is 1. The minimum atomic E-state index is -0.475. The Kier molecular flexibility index (Phi) is 3.27. The van der Waals surface area contributed by atoms with Gasteiger partial charge in [-0.2, -0.15) is 0 Å². The first-order chi connectivity index (χ1) is 10.1. The molecule has 1 aliphatic heterocycles. The second kappa shape index (κ2) is 5.10. The van der Waals surface area contributed by atoms with E-state index in [2.05, 4.69) is 5.32 Å². The standard InChI is InChI=1S/C15H11ClN2O3/c16-9-5-6-13(19)10(7-9)15(21)18-8-14(20)17-11-3-1-2-4-12(11)18/h1-7,19H,8H2,(H,17,20). The number of carbonyl (C=O) groups excluding carboxylic acids is 2. The number of amides is 2. The van der Waals surface area contributed by atoms with E-state index in [1.54, 1.807) is 24.3 Å². The largest absolute Gasteiger partial charge is 0.507 e. The van der Waals surface area contributed by atoms with Gasteiger partial charge in [-0.15, -0.1) is 0 Å². The van der Waals surface area contributed by atoms with Crippen LogP contribution >= 0.6 is 11.6 Å². The average Bonchev–Trinajstić information content (AvgIpc) is 2.48. The van der Waals surface area contributed by atoms with E-state index in [1.807, 2.05) is 0 Å². The number of phenolic OH excluding ortho intramolecular Hbond substituents is 1. The number of benzene rings is 2. The Morgan fingerprint density at radius 3 is 2.81 bits per heavy atom. The van der Waals surface area contributed by atoms with Crippen molar-refractivity contribution >= 4 is 34.8 Å². The predicted molar refractivity (Wildman–Crippen MR) is 79.9 cm³/mol. The number of nitrogens with one attached hydrogen (secondary N) is 1. The molecular weight excluding hydrogens is 292 g/mol. The van der Waals surface area contributed by atoms with Crippen LogP contribution in [-0.2, 0) is 4.79 Å². The second-order valence-electron chi connectivity index (χ2n) is 4.62. The summed E-state index contributed by atoms with van der Waals surface area (Å²) in [7, 11) is 0. The maximum absolute atomic E-state index is 12.6. The molecule has 2 N–H and O–H groups in total. The molecule has 106 valence electrons. The van der Waals surface area contributed by atoms with E-state index in [0.29, 0.717) is 16.4 Å². The topological polar surface area (TPSA) is 69.6 Å². The number of phenols is 1. The monoisotopic (exact) mass is 302 g/mol. The van der Waals surface area contributed by atoms with Crippen molar-refractivity contribution in [3.05, 3.63) is 53.1 Å². The van der Waals surface area contributed by atoms with E-state index in [-0.39, 0.29) is 23.8 Å². The van der Waals surface area contributed by atoms with Crippen molar-refractivity contribution in [2.45, 2.75) is 0 Å². The Hall–Kier alpha value is -2.53. The van der Waals surface area contributed by atoms with E-state index in [4.69, 9.17) is 11.6 Å². The van der Waals surface area contributed by atoms with Crippen LogP contribution in [0.5, 0.6) is 5.75 Å². The molecular formula is C15H11ClN2O3. The summed E-state index contributed by atoms with van der Waals surface area (Å²) in [6.07, 6.45) is 0. The van der Waals surface area contributed by atoms with E-state index >= 15 is 0 Å². The number of carbonyl (C=O) groups is 2. The number of hydrogen-bond donors (Lipinski definition) is 2. The van der Waals surface area contributed by atoms with Gasteiger partial charge in [-0.3, -0.25) is 14.5 Å². The molecule has 0 saturated carbocycles. The van der Waals surface area contributed by atoms with Gasteiger partial charge in [0.1, 0.15) is 12.3 Å². The summed E-state index contributed by atoms with van der Waals surface area (Å²) in [5.74, 6) is -0.936. The molecule has 3 rings (SSSR count). The maximum Gasteiger partial charge on any atom is 0.262 e. The average molecular weight is 303 g/mol. The third-order valence-electron chi connectivity index (χ3n) is 3.20. The van der Waals surface area contributed by atoms with Gasteiger partial charge in [0.15, 0.2) is 0 Å². The lowest BCUT2D eigenvalue weighted by Gasteiger charge is -2.29. The van der Waals surface area contributed by atoms with Crippen molar-refractivity contribution < 1.29 is 14.7 Å². The Labute approximate surface area is 125 Å². The van der Waals surface area contributed by atoms with E-state index in [0.717, 1.165) is 0 Å². The molecule has 1 heterocycles. The minimum Gasteiger partial charge on any atom is -0.507 e. The molecule has 21 heavy (non-hydrogen) atoms. The molecule has 6 heteroatoms. The maximum atomic E-state index is 12.6. The fraction of sp³-hybridized carbons (Fsp3) is 0.0667. The van der Waals surface area contributed by atoms with E-state index in [1.165, 1.54) is 23.1 Å². The van der Waals surface area contributed by atoms with Crippen molar-refractivity contribution in [2.75, 3.05) is 16.8 Å². The zero-order valence-corrected chi connectivity index (χ0v) is 11.6. The van der Waals surface area contributed by atoms with E-state index in [9.17, 15) is 14.7 Å². The van der Waals surface area contributed by atoms with Crippen LogP contribution in [0, 0.1) is 0 Å². The lowest BCUT2D eigenvalue weighted by atomic mass is 10.1. The molecule has 0 saturated heterocycles. The van der Waals surface area contributed by atoms with Crippen molar-refractivity contribution in [1.82, 2.24) is 0 Å². The second-order valence-corrected chi connectivity index (χ2v) is 5.05. The zero-order chi connectivity index (χ0) is 15.0. The number of nitrogens with zero attached hydrogens (tertiary/aromatic N) is 1. The minimum absolute atomic E-state index is 0.0620. The van der Waals surface area contributed by atoms with Gasteiger partial charge in [0.05, 0.1) is 16.9 Å². The highest BCUT2D eigenvalue weighted by Crippen LogP contribution is 2.32. The summed E-state index contributed by atoms with van der Waals surface area (Å²) in [4.78, 5) is 25.7. The van der Waals surface area contributed by atoms with Crippen LogP contribution in [0.1, 0.15) is 10.4 Å². The molecule has 0 radical (unpaired) electrons. The normalized spacial score (nSPS) is 13.6. The molecule has 0 spiro atoms. The first-order valence-corrected chi connectivity index (χ1v) is 6.63. The predicted octanol–water partition coefficient (Wildman–Crippen LogP) is 2.64. The third kappa shape index (κ3) is 2.43. The van der Waals surface area contributed by atoms with Gasteiger partial charge >= 0.3 is 0 Å². The Morgan fingerprint density at radius 2 is 2.00 bits per heavy atom. The van der Waals surface area contributed by atoms with Gasteiger partial charge in [-0.1, -0.05) is 23.7 Å².